The molecule has 2 aromatic rings. The molecule has 398 valence electrons. The van der Waals surface area contributed by atoms with E-state index < -0.39 is 79.8 Å². The number of ether oxygens (including phenoxy) is 3. The molecule has 0 unspecified atom stereocenters. The molecular formula is C50H87Cl2N5O12. The molecule has 17 nitrogen and oxygen atoms in total. The second-order valence-electron chi connectivity index (χ2n) is 18.0. The summed E-state index contributed by atoms with van der Waals surface area (Å²) < 4.78 is 19.9. The Morgan fingerprint density at radius 3 is 1.43 bits per heavy atom. The van der Waals surface area contributed by atoms with Crippen LogP contribution in [0.25, 0.3) is 0 Å². The molecular weight excluding hydrogens is 933 g/mol. The summed E-state index contributed by atoms with van der Waals surface area (Å²) in [5.74, 6) is -2.27. The van der Waals surface area contributed by atoms with E-state index in [0.29, 0.717) is 0 Å². The third-order valence-electron chi connectivity index (χ3n) is 12.3. The van der Waals surface area contributed by atoms with E-state index in [0.717, 1.165) is 43.8 Å². The number of aliphatic carboxylic acids is 1. The van der Waals surface area contributed by atoms with Crippen molar-refractivity contribution in [2.45, 2.75) is 224 Å². The highest BCUT2D eigenvalue weighted by atomic mass is 35.5. The molecule has 0 bridgehead atoms. The van der Waals surface area contributed by atoms with Gasteiger partial charge in [-0.2, -0.15) is 0 Å². The van der Waals surface area contributed by atoms with Crippen molar-refractivity contribution in [3.63, 3.8) is 0 Å². The lowest BCUT2D eigenvalue weighted by Crippen LogP contribution is -2.67. The number of hydrogen-bond acceptors (Lipinski definition) is 13. The summed E-state index contributed by atoms with van der Waals surface area (Å²) in [5, 5.41) is 72.7. The number of aryl methyl sites for hydroxylation is 2. The van der Waals surface area contributed by atoms with Crippen molar-refractivity contribution < 1.29 is 59.5 Å². The summed E-state index contributed by atoms with van der Waals surface area (Å²) >= 11 is 0. The highest BCUT2D eigenvalue weighted by Gasteiger charge is 2.52. The zero-order valence-corrected chi connectivity index (χ0v) is 43.0. The standard InChI is InChI=1S/C36H62N4.C14H23NO12.2ClH/c1-3-5-7-9-15-19-27-37-35-23-31-39(32-24-35)29-21-17-13-11-12-14-18-22-30-40-33-25-36(26-34-40)38-28-20-16-10-8-6-4-2;1-3(17)15-5-10(6(18)4(2-16)25-13(5)24)26-14-9(21)7(19)8(20)11(27-14)12(22)23;;/h23-26,31-34H,3-22,27-30H2,1-2H3;4-11,13-14,16,18-21,24H,2H2,1H3,(H,15,17)(H,22,23);2*1H/t;4-,5-,6-,7+,8+,9-,10-,11+,13-,14-;;/m.1../s1. The van der Waals surface area contributed by atoms with E-state index in [4.69, 9.17) is 29.3 Å². The fraction of sp³-hybridized carbons (Fsp3) is 0.760. The highest BCUT2D eigenvalue weighted by Crippen LogP contribution is 2.29. The number of amides is 1. The van der Waals surface area contributed by atoms with Crippen molar-refractivity contribution in [3.05, 3.63) is 59.8 Å². The first-order valence-electron chi connectivity index (χ1n) is 25.2. The Balaban J connectivity index is 0.000000718. The molecule has 0 spiro atoms. The van der Waals surface area contributed by atoms with Crippen LogP contribution in [0.1, 0.15) is 149 Å². The minimum atomic E-state index is -1.95. The Bertz CT molecular complexity index is 1670. The number of aliphatic hydroxyl groups excluding tert-OH is 6. The number of halogens is 2. The molecule has 4 rings (SSSR count). The molecule has 0 aliphatic carbocycles. The Kier molecular flexibility index (Phi) is 35.1. The third-order valence-corrected chi connectivity index (χ3v) is 12.3. The van der Waals surface area contributed by atoms with Gasteiger partial charge in [0, 0.05) is 57.9 Å². The van der Waals surface area contributed by atoms with Crippen molar-refractivity contribution in [3.8, 4) is 0 Å². The zero-order chi connectivity index (χ0) is 48.8. The van der Waals surface area contributed by atoms with Gasteiger partial charge in [-0.15, -0.1) is 24.8 Å². The molecule has 2 fully saturated rings. The first-order chi connectivity index (χ1) is 32.4. The van der Waals surface area contributed by atoms with Gasteiger partial charge in [0.25, 0.3) is 0 Å². The molecule has 8 N–H and O–H groups in total. The molecule has 10 atom stereocenters. The van der Waals surface area contributed by atoms with Gasteiger partial charge >= 0.3 is 5.97 Å². The minimum absolute atomic E-state index is 0. The first-order valence-corrected chi connectivity index (χ1v) is 25.2. The van der Waals surface area contributed by atoms with Crippen molar-refractivity contribution in [2.75, 3.05) is 19.7 Å². The summed E-state index contributed by atoms with van der Waals surface area (Å²) in [6, 6.07) is 7.34. The van der Waals surface area contributed by atoms with Crippen LogP contribution < -0.4 is 16.0 Å². The van der Waals surface area contributed by atoms with Crippen LogP contribution >= 0.6 is 24.8 Å². The SMILES string of the molecule is CC(=O)N[C@@H]1[C@@H](O[C@@H]2O[C@H](C(=O)O)[C@@H](O)[C@H](O)[C@H]2O)[C@H](O)[C@@H](CO)O[C@H]1O.CCCCCCCCN=c1ccn(CCCCCCCCCCn2ccc(=NCCCCCCCC)cc2)cc1.Cl.Cl. The van der Waals surface area contributed by atoms with Gasteiger partial charge in [-0.25, -0.2) is 4.79 Å². The van der Waals surface area contributed by atoms with Crippen LogP contribution in [0.3, 0.4) is 0 Å². The van der Waals surface area contributed by atoms with Crippen LogP contribution in [0.15, 0.2) is 59.0 Å². The van der Waals surface area contributed by atoms with Gasteiger partial charge in [-0.1, -0.05) is 117 Å². The van der Waals surface area contributed by atoms with Gasteiger partial charge < -0.3 is 64.4 Å². The average molecular weight is 1020 g/mol. The van der Waals surface area contributed by atoms with E-state index in [2.05, 4.69) is 77.4 Å². The smallest absolute Gasteiger partial charge is 0.335 e. The van der Waals surface area contributed by atoms with Crippen LogP contribution in [-0.2, 0) is 36.9 Å². The van der Waals surface area contributed by atoms with Crippen molar-refractivity contribution in [1.29, 1.82) is 0 Å². The summed E-state index contributed by atoms with van der Waals surface area (Å²) in [4.78, 5) is 32.0. The van der Waals surface area contributed by atoms with E-state index >= 15 is 0 Å². The number of pyridine rings is 2. The minimum Gasteiger partial charge on any atom is -0.479 e. The Labute approximate surface area is 422 Å². The molecule has 4 heterocycles. The largest absolute Gasteiger partial charge is 0.479 e. The fourth-order valence-electron chi connectivity index (χ4n) is 8.21. The Morgan fingerprint density at radius 2 is 1.03 bits per heavy atom. The van der Waals surface area contributed by atoms with Crippen molar-refractivity contribution in [2.24, 2.45) is 9.98 Å². The van der Waals surface area contributed by atoms with E-state index in [1.54, 1.807) is 0 Å². The second kappa shape index (κ2) is 37.8. The van der Waals surface area contributed by atoms with Crippen LogP contribution in [-0.4, -0.2) is 138 Å². The molecule has 0 saturated carbocycles. The molecule has 0 radical (unpaired) electrons. The summed E-state index contributed by atoms with van der Waals surface area (Å²) in [5.41, 5.74) is 0. The predicted molar refractivity (Wildman–Crippen MR) is 269 cm³/mol. The lowest BCUT2D eigenvalue weighted by molar-refractivity contribution is -0.336. The van der Waals surface area contributed by atoms with Crippen LogP contribution in [0.4, 0.5) is 0 Å². The van der Waals surface area contributed by atoms with Gasteiger partial charge in [-0.3, -0.25) is 14.8 Å². The lowest BCUT2D eigenvalue weighted by atomic mass is 9.95. The van der Waals surface area contributed by atoms with Crippen LogP contribution in [0.5, 0.6) is 0 Å². The molecule has 19 heteroatoms. The summed E-state index contributed by atoms with van der Waals surface area (Å²) in [6.07, 6.45) is 19.7. The highest BCUT2D eigenvalue weighted by molar-refractivity contribution is 5.85. The maximum atomic E-state index is 11.4. The van der Waals surface area contributed by atoms with E-state index in [9.17, 15) is 40.2 Å². The molecule has 69 heavy (non-hydrogen) atoms. The van der Waals surface area contributed by atoms with Gasteiger partial charge in [0.05, 0.1) is 17.3 Å². The number of carboxylic acids is 1. The number of unbranched alkanes of at least 4 members (excludes halogenated alkanes) is 17. The first kappa shape index (κ1) is 64.1. The predicted octanol–water partition coefficient (Wildman–Crippen LogP) is 5.32. The quantitative estimate of drug-likeness (QED) is 0.0464. The Morgan fingerprint density at radius 1 is 0.609 bits per heavy atom. The number of rotatable bonds is 30. The topological polar surface area (TPSA) is 250 Å². The fourth-order valence-corrected chi connectivity index (χ4v) is 8.21. The van der Waals surface area contributed by atoms with Gasteiger partial charge in [-0.05, 0) is 49.9 Å². The average Bonchev–Trinajstić information content (AvgIpc) is 3.32. The molecule has 2 aromatic heterocycles. The summed E-state index contributed by atoms with van der Waals surface area (Å²) in [7, 11) is 0. The van der Waals surface area contributed by atoms with E-state index in [1.807, 2.05) is 0 Å². The monoisotopic (exact) mass is 1020 g/mol. The number of aliphatic hydroxyl groups is 6. The molecule has 2 aliphatic heterocycles. The number of hydrogen-bond donors (Lipinski definition) is 8. The lowest BCUT2D eigenvalue weighted by Gasteiger charge is -2.46. The van der Waals surface area contributed by atoms with Crippen LogP contribution in [0, 0.1) is 0 Å². The maximum absolute atomic E-state index is 11.4. The number of carboxylic acid groups (broad SMARTS) is 1. The molecule has 2 saturated heterocycles. The Hall–Kier alpha value is -2.94. The number of nitrogens with one attached hydrogen (secondary N) is 1. The van der Waals surface area contributed by atoms with Gasteiger partial charge in [0.15, 0.2) is 18.7 Å². The van der Waals surface area contributed by atoms with Gasteiger partial charge in [0.2, 0.25) is 5.91 Å². The van der Waals surface area contributed by atoms with Crippen molar-refractivity contribution >= 4 is 36.7 Å². The summed E-state index contributed by atoms with van der Waals surface area (Å²) in [6.45, 7) is 9.12. The van der Waals surface area contributed by atoms with Gasteiger partial charge in [0.1, 0.15) is 42.7 Å². The zero-order valence-electron chi connectivity index (χ0n) is 41.3. The number of carbonyl (C=O) groups excluding carboxylic acids is 1. The van der Waals surface area contributed by atoms with Crippen molar-refractivity contribution in [1.82, 2.24) is 14.5 Å². The molecule has 0 aromatic carbocycles. The molecule has 2 aliphatic rings. The number of nitrogens with zero attached hydrogens (tertiary/aromatic N) is 4. The second-order valence-corrected chi connectivity index (χ2v) is 18.0. The third kappa shape index (κ3) is 24.8. The normalized spacial score (nSPS) is 24.2. The molecule has 1 amide bonds. The maximum Gasteiger partial charge on any atom is 0.335 e. The van der Waals surface area contributed by atoms with Crippen LogP contribution in [0.2, 0.25) is 0 Å². The number of carbonyl (C=O) groups is 2. The number of aromatic nitrogens is 2. The van der Waals surface area contributed by atoms with E-state index in [1.165, 1.54) is 128 Å². The van der Waals surface area contributed by atoms with E-state index in [-0.39, 0.29) is 24.8 Å².